The molecule has 0 radical (unpaired) electrons. The number of carbonyl (C=O) groups is 1. The van der Waals surface area contributed by atoms with E-state index in [0.29, 0.717) is 11.8 Å². The summed E-state index contributed by atoms with van der Waals surface area (Å²) < 4.78 is 10.1. The second kappa shape index (κ2) is 5.42. The third kappa shape index (κ3) is 2.49. The van der Waals surface area contributed by atoms with E-state index in [4.69, 9.17) is 16.0 Å². The van der Waals surface area contributed by atoms with Gasteiger partial charge in [0.2, 0.25) is 0 Å². The maximum Gasteiger partial charge on any atom is 0.322 e. The van der Waals surface area contributed by atoms with Crippen LogP contribution >= 0.6 is 11.6 Å². The van der Waals surface area contributed by atoms with Crippen molar-refractivity contribution in [2.24, 2.45) is 0 Å². The predicted octanol–water partition coefficient (Wildman–Crippen LogP) is 2.74. The molecular weight excluding hydrogens is 254 g/mol. The van der Waals surface area contributed by atoms with E-state index in [0.717, 1.165) is 16.5 Å². The number of furan rings is 1. The van der Waals surface area contributed by atoms with Gasteiger partial charge < -0.3 is 14.5 Å². The first kappa shape index (κ1) is 12.9. The van der Waals surface area contributed by atoms with E-state index in [9.17, 15) is 4.79 Å². The smallest absolute Gasteiger partial charge is 0.322 e. The van der Waals surface area contributed by atoms with Crippen LogP contribution in [-0.4, -0.2) is 19.1 Å². The Morgan fingerprint density at radius 3 is 2.94 bits per heavy atom. The van der Waals surface area contributed by atoms with E-state index < -0.39 is 0 Å². The van der Waals surface area contributed by atoms with Crippen LogP contribution in [0.15, 0.2) is 28.7 Å². The van der Waals surface area contributed by atoms with Gasteiger partial charge in [-0.05, 0) is 24.6 Å². The summed E-state index contributed by atoms with van der Waals surface area (Å²) >= 11 is 6.04. The van der Waals surface area contributed by atoms with Crippen molar-refractivity contribution >= 4 is 28.5 Å². The molecule has 0 spiro atoms. The molecule has 18 heavy (non-hydrogen) atoms. The molecule has 0 bridgehead atoms. The number of ether oxygens (including phenoxy) is 1. The Morgan fingerprint density at radius 1 is 1.50 bits per heavy atom. The van der Waals surface area contributed by atoms with Gasteiger partial charge in [-0.15, -0.1) is 0 Å². The van der Waals surface area contributed by atoms with E-state index >= 15 is 0 Å². The van der Waals surface area contributed by atoms with Crippen molar-refractivity contribution in [3.05, 3.63) is 35.0 Å². The quantitative estimate of drug-likeness (QED) is 0.866. The van der Waals surface area contributed by atoms with Gasteiger partial charge in [-0.2, -0.15) is 0 Å². The first-order valence-corrected chi connectivity index (χ1v) is 5.98. The van der Waals surface area contributed by atoms with Crippen molar-refractivity contribution < 1.29 is 13.9 Å². The van der Waals surface area contributed by atoms with E-state index in [-0.39, 0.29) is 12.0 Å². The summed E-state index contributed by atoms with van der Waals surface area (Å²) in [6.45, 7) is 2.19. The van der Waals surface area contributed by atoms with Crippen molar-refractivity contribution in [3.8, 4) is 0 Å². The van der Waals surface area contributed by atoms with Crippen LogP contribution in [0.3, 0.4) is 0 Å². The molecule has 1 aromatic carbocycles. The molecule has 0 saturated heterocycles. The van der Waals surface area contributed by atoms with E-state index in [1.165, 1.54) is 7.11 Å². The number of nitrogens with one attached hydrogen (secondary N) is 1. The summed E-state index contributed by atoms with van der Waals surface area (Å²) in [5, 5.41) is 4.35. The molecule has 1 heterocycles. The standard InChI is InChI=1S/C13H14ClNO3/c1-8(13(16)17-2)15-7-10-9-5-3-4-6-11(9)18-12(10)14/h3-6,8,15H,7H2,1-2H3/t8-/m0/s1. The summed E-state index contributed by atoms with van der Waals surface area (Å²) in [6.07, 6.45) is 0. The highest BCUT2D eigenvalue weighted by molar-refractivity contribution is 6.30. The minimum Gasteiger partial charge on any atom is -0.468 e. The maximum absolute atomic E-state index is 11.3. The number of methoxy groups -OCH3 is 1. The molecular formula is C13H14ClNO3. The zero-order valence-corrected chi connectivity index (χ0v) is 11.0. The SMILES string of the molecule is COC(=O)[C@H](C)NCc1c(Cl)oc2ccccc12. The topological polar surface area (TPSA) is 51.5 Å². The van der Waals surface area contributed by atoms with Crippen molar-refractivity contribution in [2.75, 3.05) is 7.11 Å². The zero-order chi connectivity index (χ0) is 13.1. The van der Waals surface area contributed by atoms with Crippen LogP contribution in [0.25, 0.3) is 11.0 Å². The highest BCUT2D eigenvalue weighted by Crippen LogP contribution is 2.29. The van der Waals surface area contributed by atoms with Crippen LogP contribution in [0.5, 0.6) is 0 Å². The van der Waals surface area contributed by atoms with Crippen LogP contribution in [0, 0.1) is 0 Å². The van der Waals surface area contributed by atoms with Gasteiger partial charge in [0.1, 0.15) is 11.6 Å². The number of para-hydroxylation sites is 1. The number of carbonyl (C=O) groups excluding carboxylic acids is 1. The molecule has 1 aromatic heterocycles. The zero-order valence-electron chi connectivity index (χ0n) is 10.2. The Bertz CT molecular complexity index is 564. The third-order valence-corrected chi connectivity index (χ3v) is 3.09. The van der Waals surface area contributed by atoms with E-state index in [2.05, 4.69) is 10.1 Å². The van der Waals surface area contributed by atoms with E-state index in [1.54, 1.807) is 6.92 Å². The lowest BCUT2D eigenvalue weighted by Gasteiger charge is -2.10. The first-order valence-electron chi connectivity index (χ1n) is 5.60. The summed E-state index contributed by atoms with van der Waals surface area (Å²) in [5.41, 5.74) is 1.59. The van der Waals surface area contributed by atoms with Crippen molar-refractivity contribution in [3.63, 3.8) is 0 Å². The average Bonchev–Trinajstić information content (AvgIpc) is 2.70. The molecule has 1 atom stereocenters. The molecule has 0 amide bonds. The van der Waals surface area contributed by atoms with Crippen LogP contribution in [0.4, 0.5) is 0 Å². The number of halogens is 1. The van der Waals surface area contributed by atoms with Crippen LogP contribution in [0.2, 0.25) is 5.22 Å². The van der Waals surface area contributed by atoms with Gasteiger partial charge in [0.05, 0.1) is 7.11 Å². The molecule has 0 fully saturated rings. The highest BCUT2D eigenvalue weighted by Gasteiger charge is 2.16. The van der Waals surface area contributed by atoms with Gasteiger partial charge in [-0.25, -0.2) is 0 Å². The minimum atomic E-state index is -0.389. The fraction of sp³-hybridized carbons (Fsp3) is 0.308. The monoisotopic (exact) mass is 267 g/mol. The molecule has 2 aromatic rings. The second-order valence-corrected chi connectivity index (χ2v) is 4.32. The summed E-state index contributed by atoms with van der Waals surface area (Å²) in [5.74, 6) is -0.307. The molecule has 0 saturated carbocycles. The van der Waals surface area contributed by atoms with Gasteiger partial charge in [0.25, 0.3) is 0 Å². The summed E-state index contributed by atoms with van der Waals surface area (Å²) in [7, 11) is 1.36. The molecule has 2 rings (SSSR count). The lowest BCUT2D eigenvalue weighted by Crippen LogP contribution is -2.34. The number of hydrogen-bond acceptors (Lipinski definition) is 4. The molecule has 0 aliphatic carbocycles. The van der Waals surface area contributed by atoms with Gasteiger partial charge in [0.15, 0.2) is 5.22 Å². The Labute approximate surface area is 110 Å². The lowest BCUT2D eigenvalue weighted by molar-refractivity contribution is -0.142. The van der Waals surface area contributed by atoms with Gasteiger partial charge >= 0.3 is 5.97 Å². The molecule has 0 aliphatic rings. The van der Waals surface area contributed by atoms with Crippen LogP contribution in [0.1, 0.15) is 12.5 Å². The number of benzene rings is 1. The summed E-state index contributed by atoms with van der Waals surface area (Å²) in [4.78, 5) is 11.3. The second-order valence-electron chi connectivity index (χ2n) is 3.98. The number of hydrogen-bond donors (Lipinski definition) is 1. The van der Waals surface area contributed by atoms with Crippen molar-refractivity contribution in [1.29, 1.82) is 0 Å². The van der Waals surface area contributed by atoms with Gasteiger partial charge in [-0.1, -0.05) is 18.2 Å². The Hall–Kier alpha value is -1.52. The fourth-order valence-corrected chi connectivity index (χ4v) is 2.00. The molecule has 96 valence electrons. The Morgan fingerprint density at radius 2 is 2.22 bits per heavy atom. The molecule has 0 aliphatic heterocycles. The predicted molar refractivity (Wildman–Crippen MR) is 69.5 cm³/mol. The number of rotatable bonds is 4. The largest absolute Gasteiger partial charge is 0.468 e. The average molecular weight is 268 g/mol. The van der Waals surface area contributed by atoms with Crippen molar-refractivity contribution in [1.82, 2.24) is 5.32 Å². The molecule has 5 heteroatoms. The molecule has 0 unspecified atom stereocenters. The number of fused-ring (bicyclic) bond motifs is 1. The minimum absolute atomic E-state index is 0.307. The fourth-order valence-electron chi connectivity index (χ4n) is 1.75. The van der Waals surface area contributed by atoms with E-state index in [1.807, 2.05) is 24.3 Å². The summed E-state index contributed by atoms with van der Waals surface area (Å²) in [6, 6.07) is 7.20. The maximum atomic E-state index is 11.3. The van der Waals surface area contributed by atoms with Gasteiger partial charge in [-0.3, -0.25) is 4.79 Å². The molecule has 1 N–H and O–H groups in total. The lowest BCUT2D eigenvalue weighted by atomic mass is 10.1. The molecule has 4 nitrogen and oxygen atoms in total. The third-order valence-electron chi connectivity index (χ3n) is 2.79. The Kier molecular flexibility index (Phi) is 3.89. The first-order chi connectivity index (χ1) is 8.63. The number of esters is 1. The Balaban J connectivity index is 2.17. The van der Waals surface area contributed by atoms with Crippen LogP contribution < -0.4 is 5.32 Å². The van der Waals surface area contributed by atoms with Crippen LogP contribution in [-0.2, 0) is 16.1 Å². The highest BCUT2D eigenvalue weighted by atomic mass is 35.5. The normalized spacial score (nSPS) is 12.6. The van der Waals surface area contributed by atoms with Gasteiger partial charge in [0, 0.05) is 17.5 Å². The van der Waals surface area contributed by atoms with Crippen molar-refractivity contribution in [2.45, 2.75) is 19.5 Å².